The van der Waals surface area contributed by atoms with E-state index >= 15 is 0 Å². The minimum atomic E-state index is 0.147. The highest BCUT2D eigenvalue weighted by molar-refractivity contribution is 6.23. The lowest BCUT2D eigenvalue weighted by Crippen LogP contribution is -2.21. The highest BCUT2D eigenvalue weighted by Crippen LogP contribution is 2.42. The van der Waals surface area contributed by atoms with E-state index < -0.39 is 0 Å². The summed E-state index contributed by atoms with van der Waals surface area (Å²) in [4.78, 5) is 0.147. The number of hydrogen-bond acceptors (Lipinski definition) is 0. The normalized spacial score (nSPS) is 33.1. The Labute approximate surface area is 151 Å². The van der Waals surface area contributed by atoms with Crippen molar-refractivity contribution in [2.45, 2.75) is 127 Å². The van der Waals surface area contributed by atoms with Crippen LogP contribution in [0.2, 0.25) is 0 Å². The van der Waals surface area contributed by atoms with E-state index in [4.69, 9.17) is 11.6 Å². The largest absolute Gasteiger partial charge is 0.119 e. The van der Waals surface area contributed by atoms with Crippen LogP contribution in [0.15, 0.2) is 0 Å². The molecule has 0 nitrogen and oxygen atoms in total. The topological polar surface area (TPSA) is 0 Å². The Morgan fingerprint density at radius 2 is 1.22 bits per heavy atom. The molecule has 23 heavy (non-hydrogen) atoms. The lowest BCUT2D eigenvalue weighted by molar-refractivity contribution is 0.274. The second-order valence-electron chi connectivity index (χ2n) is 8.61. The summed E-state index contributed by atoms with van der Waals surface area (Å²) in [5.74, 6) is 2.07. The zero-order valence-corrected chi connectivity index (χ0v) is 16.5. The van der Waals surface area contributed by atoms with E-state index in [9.17, 15) is 0 Å². The Morgan fingerprint density at radius 1 is 0.696 bits per heavy atom. The molecule has 2 saturated carbocycles. The van der Waals surface area contributed by atoms with Crippen molar-refractivity contribution in [3.05, 3.63) is 0 Å². The second-order valence-corrected chi connectivity index (χ2v) is 9.41. The molecule has 0 saturated heterocycles. The molecule has 0 aromatic carbocycles. The van der Waals surface area contributed by atoms with Gasteiger partial charge in [0.1, 0.15) is 0 Å². The van der Waals surface area contributed by atoms with Gasteiger partial charge in [0.2, 0.25) is 0 Å². The average molecular weight is 341 g/mol. The van der Waals surface area contributed by atoms with Gasteiger partial charge in [0, 0.05) is 4.87 Å². The van der Waals surface area contributed by atoms with E-state index in [1.54, 1.807) is 0 Å². The lowest BCUT2D eigenvalue weighted by atomic mass is 9.82. The smallest absolute Gasteiger partial charge is 0.0446 e. The first-order valence-corrected chi connectivity index (χ1v) is 11.3. The number of alkyl halides is 1. The monoisotopic (exact) mass is 340 g/mol. The van der Waals surface area contributed by atoms with E-state index in [1.807, 2.05) is 0 Å². The molecule has 0 aliphatic heterocycles. The SMILES string of the molecule is CCCCCCCCC1(Cl)CCCC2CCCCCC2CCC1. The van der Waals surface area contributed by atoms with Gasteiger partial charge in [-0.25, -0.2) is 0 Å². The Balaban J connectivity index is 1.73. The summed E-state index contributed by atoms with van der Waals surface area (Å²) in [7, 11) is 0. The Morgan fingerprint density at radius 3 is 1.83 bits per heavy atom. The third kappa shape index (κ3) is 7.37. The minimum Gasteiger partial charge on any atom is -0.119 e. The van der Waals surface area contributed by atoms with Crippen LogP contribution in [0.4, 0.5) is 0 Å². The quantitative estimate of drug-likeness (QED) is 0.323. The van der Waals surface area contributed by atoms with Crippen LogP contribution in [0.5, 0.6) is 0 Å². The zero-order chi connectivity index (χ0) is 16.4. The molecule has 0 radical (unpaired) electrons. The Bertz CT molecular complexity index is 280. The molecule has 0 aromatic heterocycles. The average Bonchev–Trinajstić information content (AvgIpc) is 2.72. The molecule has 0 heterocycles. The van der Waals surface area contributed by atoms with Crippen LogP contribution in [0.3, 0.4) is 0 Å². The van der Waals surface area contributed by atoms with Crippen LogP contribution in [-0.4, -0.2) is 4.87 Å². The standard InChI is InChI=1S/C22H41Cl/c1-2-3-4-5-6-10-17-22(23)18-11-15-20-13-8-7-9-14-21(20)16-12-19-22/h20-21H,2-19H2,1H3. The van der Waals surface area contributed by atoms with E-state index in [2.05, 4.69) is 6.92 Å². The van der Waals surface area contributed by atoms with Crippen LogP contribution in [0.1, 0.15) is 122 Å². The van der Waals surface area contributed by atoms with Crippen LogP contribution in [-0.2, 0) is 0 Å². The molecule has 2 rings (SSSR count). The molecule has 0 N–H and O–H groups in total. The summed E-state index contributed by atoms with van der Waals surface area (Å²) in [6.07, 6.45) is 25.4. The number of unbranched alkanes of at least 4 members (excludes halogenated alkanes) is 5. The number of fused-ring (bicyclic) bond motifs is 1. The maximum absolute atomic E-state index is 7.09. The fourth-order valence-corrected chi connectivity index (χ4v) is 5.58. The highest BCUT2D eigenvalue weighted by atomic mass is 35.5. The van der Waals surface area contributed by atoms with Gasteiger partial charge in [0.25, 0.3) is 0 Å². The molecular formula is C22H41Cl. The van der Waals surface area contributed by atoms with Crippen LogP contribution >= 0.6 is 11.6 Å². The van der Waals surface area contributed by atoms with Crippen molar-refractivity contribution in [1.29, 1.82) is 0 Å². The zero-order valence-electron chi connectivity index (χ0n) is 15.8. The fourth-order valence-electron chi connectivity index (χ4n) is 5.18. The first-order chi connectivity index (χ1) is 11.2. The van der Waals surface area contributed by atoms with E-state index in [1.165, 1.54) is 116 Å². The Kier molecular flexibility index (Phi) is 9.39. The first kappa shape index (κ1) is 19.6. The second kappa shape index (κ2) is 11.0. The van der Waals surface area contributed by atoms with Crippen molar-refractivity contribution >= 4 is 11.6 Å². The predicted molar refractivity (Wildman–Crippen MR) is 104 cm³/mol. The van der Waals surface area contributed by atoms with Crippen molar-refractivity contribution < 1.29 is 0 Å². The summed E-state index contributed by atoms with van der Waals surface area (Å²) in [6.45, 7) is 2.30. The van der Waals surface area contributed by atoms with Crippen molar-refractivity contribution in [2.24, 2.45) is 11.8 Å². The summed E-state index contributed by atoms with van der Waals surface area (Å²) in [5, 5.41) is 0. The van der Waals surface area contributed by atoms with Crippen molar-refractivity contribution in [1.82, 2.24) is 0 Å². The molecule has 0 spiro atoms. The van der Waals surface area contributed by atoms with Crippen molar-refractivity contribution in [3.63, 3.8) is 0 Å². The first-order valence-electron chi connectivity index (χ1n) is 10.9. The van der Waals surface area contributed by atoms with Gasteiger partial charge in [0.05, 0.1) is 0 Å². The molecule has 2 aliphatic carbocycles. The van der Waals surface area contributed by atoms with Crippen molar-refractivity contribution in [2.75, 3.05) is 0 Å². The summed E-state index contributed by atoms with van der Waals surface area (Å²) >= 11 is 7.09. The van der Waals surface area contributed by atoms with E-state index in [-0.39, 0.29) is 4.87 Å². The summed E-state index contributed by atoms with van der Waals surface area (Å²) in [6, 6.07) is 0. The maximum atomic E-state index is 7.09. The van der Waals surface area contributed by atoms with Crippen molar-refractivity contribution in [3.8, 4) is 0 Å². The van der Waals surface area contributed by atoms with Gasteiger partial charge in [-0.3, -0.25) is 0 Å². The van der Waals surface area contributed by atoms with Gasteiger partial charge in [0.15, 0.2) is 0 Å². The predicted octanol–water partition coefficient (Wildman–Crippen LogP) is 8.27. The van der Waals surface area contributed by atoms with Gasteiger partial charge < -0.3 is 0 Å². The van der Waals surface area contributed by atoms with Gasteiger partial charge in [-0.15, -0.1) is 11.6 Å². The number of hydrogen-bond donors (Lipinski definition) is 0. The lowest BCUT2D eigenvalue weighted by Gasteiger charge is -2.27. The molecule has 136 valence electrons. The van der Waals surface area contributed by atoms with E-state index in [0.29, 0.717) is 0 Å². The van der Waals surface area contributed by atoms with Crippen LogP contribution in [0.25, 0.3) is 0 Å². The van der Waals surface area contributed by atoms with Crippen LogP contribution < -0.4 is 0 Å². The molecule has 2 atom stereocenters. The molecule has 2 unspecified atom stereocenters. The number of rotatable bonds is 7. The summed E-state index contributed by atoms with van der Waals surface area (Å²) < 4.78 is 0. The summed E-state index contributed by atoms with van der Waals surface area (Å²) in [5.41, 5.74) is 0. The van der Waals surface area contributed by atoms with E-state index in [0.717, 1.165) is 11.8 Å². The van der Waals surface area contributed by atoms with Gasteiger partial charge >= 0.3 is 0 Å². The fraction of sp³-hybridized carbons (Fsp3) is 1.00. The molecule has 2 fully saturated rings. The molecule has 0 bridgehead atoms. The minimum absolute atomic E-state index is 0.147. The van der Waals surface area contributed by atoms with Gasteiger partial charge in [-0.1, -0.05) is 103 Å². The molecule has 0 amide bonds. The highest BCUT2D eigenvalue weighted by Gasteiger charge is 2.31. The third-order valence-corrected chi connectivity index (χ3v) is 7.26. The molecule has 1 heteroatoms. The van der Waals surface area contributed by atoms with Crippen LogP contribution in [0, 0.1) is 11.8 Å². The maximum Gasteiger partial charge on any atom is 0.0446 e. The molecule has 0 aromatic rings. The van der Waals surface area contributed by atoms with Gasteiger partial charge in [-0.2, -0.15) is 0 Å². The molecular weight excluding hydrogens is 300 g/mol. The molecule has 2 aliphatic rings. The third-order valence-electron chi connectivity index (χ3n) is 6.69. The Hall–Kier alpha value is 0.290. The van der Waals surface area contributed by atoms with Gasteiger partial charge in [-0.05, 0) is 31.1 Å². The number of halogens is 1.